The quantitative estimate of drug-likeness (QED) is 0.450. The molecule has 1 atom stereocenters. The summed E-state index contributed by atoms with van der Waals surface area (Å²) in [6.07, 6.45) is 7.37. The lowest BCUT2D eigenvalue weighted by Gasteiger charge is -2.33. The van der Waals surface area contributed by atoms with Crippen molar-refractivity contribution < 1.29 is 9.59 Å². The van der Waals surface area contributed by atoms with Crippen LogP contribution in [0.4, 0.5) is 0 Å². The van der Waals surface area contributed by atoms with E-state index in [1.54, 1.807) is 0 Å². The molecule has 4 heteroatoms. The van der Waals surface area contributed by atoms with Gasteiger partial charge >= 0.3 is 0 Å². The van der Waals surface area contributed by atoms with Gasteiger partial charge in [0.05, 0.1) is 0 Å². The van der Waals surface area contributed by atoms with Gasteiger partial charge in [-0.15, -0.1) is 0 Å². The molecule has 0 spiro atoms. The van der Waals surface area contributed by atoms with E-state index in [9.17, 15) is 9.59 Å². The van der Waals surface area contributed by atoms with E-state index in [-0.39, 0.29) is 17.9 Å². The van der Waals surface area contributed by atoms with Crippen LogP contribution in [0.2, 0.25) is 0 Å². The highest BCUT2D eigenvalue weighted by molar-refractivity contribution is 5.88. The van der Waals surface area contributed by atoms with Crippen molar-refractivity contribution in [3.8, 4) is 0 Å². The summed E-state index contributed by atoms with van der Waals surface area (Å²) in [4.78, 5) is 28.7. The van der Waals surface area contributed by atoms with Gasteiger partial charge in [0.1, 0.15) is 6.04 Å². The molecule has 0 aromatic heterocycles. The Labute approximate surface area is 206 Å². The summed E-state index contributed by atoms with van der Waals surface area (Å²) in [5.74, 6) is 0.533. The second-order valence-electron chi connectivity index (χ2n) is 10.2. The standard InChI is InChI=1S/C30H42N2O2/c1-5-28(30(34)31-27-12-7-6-8-13-27)32(21-25-11-9-10-23(4)20-25)29(33)19-16-24-14-17-26(18-15-24)22(2)3/h9-11,14-15,17-18,20,22,27-28H,5-8,12-13,16,19,21H2,1-4H3,(H,31,34). The highest BCUT2D eigenvalue weighted by atomic mass is 16.2. The second-order valence-corrected chi connectivity index (χ2v) is 10.2. The maximum atomic E-state index is 13.5. The fourth-order valence-electron chi connectivity index (χ4n) is 4.94. The van der Waals surface area contributed by atoms with Crippen LogP contribution >= 0.6 is 0 Å². The molecule has 0 saturated heterocycles. The predicted octanol–water partition coefficient (Wildman–Crippen LogP) is 6.31. The number of hydrogen-bond donors (Lipinski definition) is 1. The number of benzene rings is 2. The third-order valence-corrected chi connectivity index (χ3v) is 7.05. The first-order chi connectivity index (χ1) is 16.4. The highest BCUT2D eigenvalue weighted by Gasteiger charge is 2.30. The fourth-order valence-corrected chi connectivity index (χ4v) is 4.94. The van der Waals surface area contributed by atoms with Crippen LogP contribution in [0.25, 0.3) is 0 Å². The van der Waals surface area contributed by atoms with Gasteiger partial charge in [0.25, 0.3) is 0 Å². The zero-order chi connectivity index (χ0) is 24.5. The zero-order valence-electron chi connectivity index (χ0n) is 21.5. The Morgan fingerprint density at radius 3 is 2.32 bits per heavy atom. The lowest BCUT2D eigenvalue weighted by molar-refractivity contribution is -0.141. The first-order valence-electron chi connectivity index (χ1n) is 13.1. The smallest absolute Gasteiger partial charge is 0.243 e. The number of carbonyl (C=O) groups is 2. The third-order valence-electron chi connectivity index (χ3n) is 7.05. The molecule has 1 saturated carbocycles. The largest absolute Gasteiger partial charge is 0.352 e. The summed E-state index contributed by atoms with van der Waals surface area (Å²) in [5.41, 5.74) is 4.70. The maximum absolute atomic E-state index is 13.5. The van der Waals surface area contributed by atoms with E-state index in [0.717, 1.165) is 29.5 Å². The Hall–Kier alpha value is -2.62. The van der Waals surface area contributed by atoms with E-state index in [0.29, 0.717) is 31.7 Å². The zero-order valence-corrected chi connectivity index (χ0v) is 21.5. The summed E-state index contributed by atoms with van der Waals surface area (Å²) in [5, 5.41) is 3.26. The Morgan fingerprint density at radius 2 is 1.71 bits per heavy atom. The van der Waals surface area contributed by atoms with Crippen molar-refractivity contribution in [2.75, 3.05) is 0 Å². The summed E-state index contributed by atoms with van der Waals surface area (Å²) in [6.45, 7) is 8.90. The molecule has 1 fully saturated rings. The molecule has 1 N–H and O–H groups in total. The average Bonchev–Trinajstić information content (AvgIpc) is 2.83. The number of aryl methyl sites for hydroxylation is 2. The van der Waals surface area contributed by atoms with E-state index < -0.39 is 6.04 Å². The number of nitrogens with zero attached hydrogens (tertiary/aromatic N) is 1. The molecule has 2 aromatic carbocycles. The fraction of sp³-hybridized carbons (Fsp3) is 0.533. The molecule has 0 aliphatic heterocycles. The summed E-state index contributed by atoms with van der Waals surface area (Å²) >= 11 is 0. The van der Waals surface area contributed by atoms with E-state index in [1.807, 2.05) is 24.0 Å². The van der Waals surface area contributed by atoms with E-state index >= 15 is 0 Å². The van der Waals surface area contributed by atoms with Gasteiger partial charge < -0.3 is 10.2 Å². The molecule has 4 nitrogen and oxygen atoms in total. The van der Waals surface area contributed by atoms with Gasteiger partial charge in [-0.3, -0.25) is 9.59 Å². The van der Waals surface area contributed by atoms with Gasteiger partial charge in [0, 0.05) is 19.0 Å². The summed E-state index contributed by atoms with van der Waals surface area (Å²) < 4.78 is 0. The minimum Gasteiger partial charge on any atom is -0.352 e. The van der Waals surface area contributed by atoms with Crippen LogP contribution in [0.5, 0.6) is 0 Å². The van der Waals surface area contributed by atoms with Gasteiger partial charge in [-0.1, -0.05) is 94.1 Å². The second kappa shape index (κ2) is 12.7. The molecular formula is C30H42N2O2. The average molecular weight is 463 g/mol. The van der Waals surface area contributed by atoms with Crippen LogP contribution in [0, 0.1) is 6.92 Å². The molecule has 0 heterocycles. The lowest BCUT2D eigenvalue weighted by Crippen LogP contribution is -2.51. The number of rotatable bonds is 10. The topological polar surface area (TPSA) is 49.4 Å². The Morgan fingerprint density at radius 1 is 1.00 bits per heavy atom. The van der Waals surface area contributed by atoms with Crippen LogP contribution in [0.1, 0.15) is 93.9 Å². The van der Waals surface area contributed by atoms with Crippen LogP contribution in [-0.2, 0) is 22.6 Å². The van der Waals surface area contributed by atoms with Crippen molar-refractivity contribution in [3.63, 3.8) is 0 Å². The van der Waals surface area contributed by atoms with Crippen molar-refractivity contribution in [1.82, 2.24) is 10.2 Å². The van der Waals surface area contributed by atoms with Gasteiger partial charge in [-0.05, 0) is 55.2 Å². The van der Waals surface area contributed by atoms with Crippen LogP contribution < -0.4 is 5.32 Å². The molecule has 0 bridgehead atoms. The van der Waals surface area contributed by atoms with Gasteiger partial charge in [-0.25, -0.2) is 0 Å². The molecule has 34 heavy (non-hydrogen) atoms. The molecule has 1 unspecified atom stereocenters. The molecular weight excluding hydrogens is 420 g/mol. The van der Waals surface area contributed by atoms with E-state index in [4.69, 9.17) is 0 Å². The first-order valence-corrected chi connectivity index (χ1v) is 13.1. The van der Waals surface area contributed by atoms with Gasteiger partial charge in [0.2, 0.25) is 11.8 Å². The van der Waals surface area contributed by atoms with Crippen LogP contribution in [0.15, 0.2) is 48.5 Å². The lowest BCUT2D eigenvalue weighted by atomic mass is 9.95. The van der Waals surface area contributed by atoms with Gasteiger partial charge in [-0.2, -0.15) is 0 Å². The highest BCUT2D eigenvalue weighted by Crippen LogP contribution is 2.20. The van der Waals surface area contributed by atoms with E-state index in [2.05, 4.69) is 62.5 Å². The number of amides is 2. The first kappa shape index (κ1) is 26.0. The third kappa shape index (κ3) is 7.44. The Bertz CT molecular complexity index is 929. The molecule has 1 aliphatic rings. The normalized spacial score (nSPS) is 15.2. The Balaban J connectivity index is 1.73. The molecule has 2 aromatic rings. The maximum Gasteiger partial charge on any atom is 0.243 e. The van der Waals surface area contributed by atoms with E-state index in [1.165, 1.54) is 24.8 Å². The number of hydrogen-bond acceptors (Lipinski definition) is 2. The minimum atomic E-state index is -0.446. The van der Waals surface area contributed by atoms with Crippen molar-refractivity contribution in [3.05, 3.63) is 70.8 Å². The molecule has 0 radical (unpaired) electrons. The van der Waals surface area contributed by atoms with Gasteiger partial charge in [0.15, 0.2) is 0 Å². The molecule has 3 rings (SSSR count). The summed E-state index contributed by atoms with van der Waals surface area (Å²) in [7, 11) is 0. The van der Waals surface area contributed by atoms with Crippen molar-refractivity contribution in [2.24, 2.45) is 0 Å². The minimum absolute atomic E-state index is 0.00307. The van der Waals surface area contributed by atoms with Crippen LogP contribution in [-0.4, -0.2) is 28.8 Å². The van der Waals surface area contributed by atoms with Crippen molar-refractivity contribution >= 4 is 11.8 Å². The Kier molecular flexibility index (Phi) is 9.74. The molecule has 184 valence electrons. The molecule has 1 aliphatic carbocycles. The van der Waals surface area contributed by atoms with Crippen molar-refractivity contribution in [1.29, 1.82) is 0 Å². The molecule has 2 amide bonds. The number of nitrogens with one attached hydrogen (secondary N) is 1. The van der Waals surface area contributed by atoms with Crippen LogP contribution in [0.3, 0.4) is 0 Å². The monoisotopic (exact) mass is 462 g/mol. The predicted molar refractivity (Wildman–Crippen MR) is 140 cm³/mol. The van der Waals surface area contributed by atoms with Crippen molar-refractivity contribution in [2.45, 2.75) is 104 Å². The number of carbonyl (C=O) groups excluding carboxylic acids is 2. The summed E-state index contributed by atoms with van der Waals surface area (Å²) in [6, 6.07) is 16.6. The SMILES string of the molecule is CCC(C(=O)NC1CCCCC1)N(Cc1cccc(C)c1)C(=O)CCc1ccc(C(C)C)cc1.